The van der Waals surface area contributed by atoms with Gasteiger partial charge in [-0.05, 0) is 24.3 Å². The maximum Gasteiger partial charge on any atom is 0.416 e. The van der Waals surface area contributed by atoms with Crippen molar-refractivity contribution in [3.63, 3.8) is 0 Å². The summed E-state index contributed by atoms with van der Waals surface area (Å²) in [7, 11) is 1.38. The van der Waals surface area contributed by atoms with Gasteiger partial charge in [-0.15, -0.1) is 0 Å². The van der Waals surface area contributed by atoms with Crippen LogP contribution < -0.4 is 16.0 Å². The van der Waals surface area contributed by atoms with Crippen molar-refractivity contribution < 1.29 is 37.1 Å². The highest BCUT2D eigenvalue weighted by Crippen LogP contribution is 2.28. The average Bonchev–Trinajstić information content (AvgIpc) is 2.61. The van der Waals surface area contributed by atoms with E-state index in [0.29, 0.717) is 0 Å². The number of alkyl halides is 3. The maximum atomic E-state index is 12.4. The Morgan fingerprint density at radius 2 is 1.58 bits per heavy atom. The minimum Gasteiger partial charge on any atom is -0.454 e. The number of nitrogens with one attached hydrogen (secondary N) is 3. The smallest absolute Gasteiger partial charge is 0.416 e. The summed E-state index contributed by atoms with van der Waals surface area (Å²) in [6, 6.07) is 3.42. The fourth-order valence-electron chi connectivity index (χ4n) is 1.58. The molecule has 0 spiro atoms. The van der Waals surface area contributed by atoms with Gasteiger partial charge in [0.25, 0.3) is 11.8 Å². The first-order valence-electron chi connectivity index (χ1n) is 7.22. The van der Waals surface area contributed by atoms with Gasteiger partial charge in [0.05, 0.1) is 12.1 Å². The molecule has 0 saturated heterocycles. The topological polar surface area (TPSA) is 114 Å². The number of esters is 1. The first kappa shape index (κ1) is 20.9. The molecule has 0 aliphatic rings. The molecule has 8 nitrogen and oxygen atoms in total. The van der Waals surface area contributed by atoms with E-state index in [1.807, 2.05) is 0 Å². The van der Waals surface area contributed by atoms with Crippen LogP contribution in [0, 0.1) is 0 Å². The van der Waals surface area contributed by atoms with Crippen LogP contribution in [0.3, 0.4) is 0 Å². The number of benzene rings is 1. The van der Waals surface area contributed by atoms with Gasteiger partial charge in [0.2, 0.25) is 5.91 Å². The summed E-state index contributed by atoms with van der Waals surface area (Å²) < 4.78 is 41.9. The molecule has 0 heterocycles. The summed E-state index contributed by atoms with van der Waals surface area (Å²) in [4.78, 5) is 45.3. The fourth-order valence-corrected chi connectivity index (χ4v) is 1.58. The Kier molecular flexibility index (Phi) is 7.56. The van der Waals surface area contributed by atoms with E-state index in [9.17, 15) is 32.3 Å². The molecule has 11 heteroatoms. The normalized spacial score (nSPS) is 10.6. The number of carbonyl (C=O) groups is 4. The molecule has 0 aliphatic heterocycles. The lowest BCUT2D eigenvalue weighted by atomic mass is 10.1. The summed E-state index contributed by atoms with van der Waals surface area (Å²) in [5.41, 5.74) is -0.981. The molecule has 1 rings (SSSR count). The number of hydrogen-bond acceptors (Lipinski definition) is 5. The minimum absolute atomic E-state index is 0.0749. The van der Waals surface area contributed by atoms with Crippen LogP contribution in [0.25, 0.3) is 0 Å². The van der Waals surface area contributed by atoms with Gasteiger partial charge in [-0.2, -0.15) is 13.2 Å². The predicted octanol–water partition coefficient (Wildman–Crippen LogP) is -0.159. The zero-order valence-corrected chi connectivity index (χ0v) is 13.6. The van der Waals surface area contributed by atoms with Crippen molar-refractivity contribution in [2.24, 2.45) is 0 Å². The second kappa shape index (κ2) is 9.39. The van der Waals surface area contributed by atoms with Crippen molar-refractivity contribution in [2.75, 3.05) is 26.7 Å². The van der Waals surface area contributed by atoms with Crippen LogP contribution >= 0.6 is 0 Å². The molecule has 142 valence electrons. The minimum atomic E-state index is -4.52. The molecule has 0 saturated carbocycles. The van der Waals surface area contributed by atoms with Crippen molar-refractivity contribution in [3.8, 4) is 0 Å². The molecule has 0 aliphatic carbocycles. The Balaban J connectivity index is 2.37. The third kappa shape index (κ3) is 7.20. The number of likely N-dealkylation sites (N-methyl/N-ethyl adjacent to an activating group) is 1. The third-order valence-corrected chi connectivity index (χ3v) is 2.96. The molecule has 0 aromatic heterocycles. The van der Waals surface area contributed by atoms with Crippen LogP contribution in [0.15, 0.2) is 24.3 Å². The van der Waals surface area contributed by atoms with E-state index >= 15 is 0 Å². The lowest BCUT2D eigenvalue weighted by Gasteiger charge is -2.09. The highest BCUT2D eigenvalue weighted by atomic mass is 19.4. The second-order valence-corrected chi connectivity index (χ2v) is 4.87. The molecule has 1 aromatic carbocycles. The van der Waals surface area contributed by atoms with Crippen LogP contribution in [0.4, 0.5) is 13.2 Å². The lowest BCUT2D eigenvalue weighted by Crippen LogP contribution is -2.38. The van der Waals surface area contributed by atoms with E-state index in [1.54, 1.807) is 0 Å². The maximum absolute atomic E-state index is 12.4. The Morgan fingerprint density at radius 1 is 0.962 bits per heavy atom. The predicted molar refractivity (Wildman–Crippen MR) is 81.8 cm³/mol. The average molecular weight is 375 g/mol. The van der Waals surface area contributed by atoms with Crippen LogP contribution in [0.1, 0.15) is 15.9 Å². The summed E-state index contributed by atoms with van der Waals surface area (Å²) >= 11 is 0. The van der Waals surface area contributed by atoms with Crippen LogP contribution in [-0.2, 0) is 25.3 Å². The lowest BCUT2D eigenvalue weighted by molar-refractivity contribution is -0.147. The van der Waals surface area contributed by atoms with Gasteiger partial charge in [-0.1, -0.05) is 0 Å². The molecular weight excluding hydrogens is 359 g/mol. The van der Waals surface area contributed by atoms with Gasteiger partial charge in [0.15, 0.2) is 6.61 Å². The van der Waals surface area contributed by atoms with Gasteiger partial charge in [-0.3, -0.25) is 19.2 Å². The highest BCUT2D eigenvalue weighted by molar-refractivity contribution is 5.96. The first-order valence-corrected chi connectivity index (χ1v) is 7.22. The van der Waals surface area contributed by atoms with Gasteiger partial charge >= 0.3 is 12.1 Å². The molecule has 0 bridgehead atoms. The van der Waals surface area contributed by atoms with Crippen molar-refractivity contribution >= 4 is 23.7 Å². The first-order chi connectivity index (χ1) is 12.1. The number of halogens is 3. The zero-order chi connectivity index (χ0) is 19.7. The Labute approximate surface area is 146 Å². The van der Waals surface area contributed by atoms with Crippen LogP contribution in [0.5, 0.6) is 0 Å². The number of carbonyl (C=O) groups excluding carboxylic acids is 4. The molecule has 26 heavy (non-hydrogen) atoms. The van der Waals surface area contributed by atoms with E-state index < -0.39 is 48.6 Å². The van der Waals surface area contributed by atoms with E-state index in [-0.39, 0.29) is 12.1 Å². The Bertz CT molecular complexity index is 674. The Morgan fingerprint density at radius 3 is 2.12 bits per heavy atom. The molecule has 3 N–H and O–H groups in total. The monoisotopic (exact) mass is 375 g/mol. The van der Waals surface area contributed by atoms with Crippen molar-refractivity contribution in [3.05, 3.63) is 35.4 Å². The van der Waals surface area contributed by atoms with Crippen molar-refractivity contribution in [1.29, 1.82) is 0 Å². The number of ether oxygens (including phenoxy) is 1. The molecule has 0 unspecified atom stereocenters. The molecule has 0 atom stereocenters. The quantitative estimate of drug-likeness (QED) is 0.573. The fraction of sp³-hybridized carbons (Fsp3) is 0.333. The largest absolute Gasteiger partial charge is 0.454 e. The van der Waals surface area contributed by atoms with Crippen molar-refractivity contribution in [1.82, 2.24) is 16.0 Å². The van der Waals surface area contributed by atoms with E-state index in [0.717, 1.165) is 24.3 Å². The van der Waals surface area contributed by atoms with Gasteiger partial charge < -0.3 is 20.7 Å². The van der Waals surface area contributed by atoms with Gasteiger partial charge in [-0.25, -0.2) is 0 Å². The molecular formula is C15H16F3N3O5. The Hall–Kier alpha value is -3.11. The van der Waals surface area contributed by atoms with E-state index in [1.165, 1.54) is 7.05 Å². The summed E-state index contributed by atoms with van der Waals surface area (Å²) in [5.74, 6) is -2.86. The highest BCUT2D eigenvalue weighted by Gasteiger charge is 2.30. The third-order valence-electron chi connectivity index (χ3n) is 2.96. The number of hydrogen-bond donors (Lipinski definition) is 3. The van der Waals surface area contributed by atoms with E-state index in [4.69, 9.17) is 0 Å². The number of amides is 3. The molecule has 0 radical (unpaired) electrons. The zero-order valence-electron chi connectivity index (χ0n) is 13.6. The standard InChI is InChI=1S/C15H16F3N3O5/c1-19-11(22)6-20-12(23)8-26-13(24)7-21-14(25)9-2-4-10(5-3-9)15(16,17)18/h2-5H,6-8H2,1H3,(H,19,22)(H,20,23)(H,21,25). The summed E-state index contributed by atoms with van der Waals surface area (Å²) in [6.45, 7) is -1.51. The summed E-state index contributed by atoms with van der Waals surface area (Å²) in [5, 5.41) is 6.61. The molecule has 1 aromatic rings. The van der Waals surface area contributed by atoms with Crippen LogP contribution in [0.2, 0.25) is 0 Å². The van der Waals surface area contributed by atoms with Crippen molar-refractivity contribution in [2.45, 2.75) is 6.18 Å². The SMILES string of the molecule is CNC(=O)CNC(=O)COC(=O)CNC(=O)c1ccc(C(F)(F)F)cc1. The molecule has 3 amide bonds. The van der Waals surface area contributed by atoms with Gasteiger partial charge in [0, 0.05) is 12.6 Å². The number of rotatable bonds is 7. The molecule has 0 fully saturated rings. The summed E-state index contributed by atoms with van der Waals surface area (Å²) in [6.07, 6.45) is -4.52. The van der Waals surface area contributed by atoms with Gasteiger partial charge in [0.1, 0.15) is 6.54 Å². The van der Waals surface area contributed by atoms with Crippen LogP contribution in [-0.4, -0.2) is 50.4 Å². The second-order valence-electron chi connectivity index (χ2n) is 4.87. The van der Waals surface area contributed by atoms with E-state index in [2.05, 4.69) is 20.7 Å².